The summed E-state index contributed by atoms with van der Waals surface area (Å²) in [5.41, 5.74) is 2.07. The van der Waals surface area contributed by atoms with Crippen LogP contribution < -0.4 is 4.74 Å². The number of hydrogen-bond donors (Lipinski definition) is 2. The Labute approximate surface area is 159 Å². The van der Waals surface area contributed by atoms with Crippen molar-refractivity contribution in [2.45, 2.75) is 6.61 Å². The van der Waals surface area contributed by atoms with Gasteiger partial charge in [0, 0.05) is 29.0 Å². The number of carbonyl (C=O) groups is 1. The fourth-order valence-electron chi connectivity index (χ4n) is 3.13. The van der Waals surface area contributed by atoms with Crippen molar-refractivity contribution < 1.29 is 19.4 Å². The van der Waals surface area contributed by atoms with E-state index in [-0.39, 0.29) is 12.3 Å². The van der Waals surface area contributed by atoms with Crippen molar-refractivity contribution in [2.75, 3.05) is 7.11 Å². The Bertz CT molecular complexity index is 1170. The van der Waals surface area contributed by atoms with Crippen LogP contribution in [0.25, 0.3) is 21.8 Å². The third kappa shape index (κ3) is 3.09. The first-order valence-corrected chi connectivity index (χ1v) is 8.54. The van der Waals surface area contributed by atoms with Gasteiger partial charge < -0.3 is 19.6 Å². The van der Waals surface area contributed by atoms with Crippen LogP contribution >= 0.6 is 11.6 Å². The summed E-state index contributed by atoms with van der Waals surface area (Å²) in [4.78, 5) is 18.9. The minimum Gasteiger partial charge on any atom is -0.477 e. The first-order chi connectivity index (χ1) is 13.1. The molecule has 0 atom stereocenters. The van der Waals surface area contributed by atoms with E-state index in [1.54, 1.807) is 12.1 Å². The molecule has 4 aromatic rings. The van der Waals surface area contributed by atoms with E-state index >= 15 is 0 Å². The maximum absolute atomic E-state index is 11.6. The largest absolute Gasteiger partial charge is 0.477 e. The number of aromatic carboxylic acids is 1. The molecule has 0 saturated carbocycles. The Morgan fingerprint density at radius 3 is 2.78 bits per heavy atom. The lowest BCUT2D eigenvalue weighted by atomic mass is 10.1. The molecule has 4 rings (SSSR count). The molecule has 0 unspecified atom stereocenters. The molecule has 0 amide bonds. The molecule has 27 heavy (non-hydrogen) atoms. The second-order valence-electron chi connectivity index (χ2n) is 5.98. The smallest absolute Gasteiger partial charge is 0.354 e. The van der Waals surface area contributed by atoms with E-state index in [1.165, 1.54) is 13.3 Å². The third-order valence-electron chi connectivity index (χ3n) is 4.27. The van der Waals surface area contributed by atoms with Crippen LogP contribution in [0, 0.1) is 0 Å². The Kier molecular flexibility index (Phi) is 4.43. The maximum Gasteiger partial charge on any atom is 0.354 e. The zero-order valence-corrected chi connectivity index (χ0v) is 15.1. The van der Waals surface area contributed by atoms with Crippen LogP contribution in [-0.2, 0) is 11.3 Å². The van der Waals surface area contributed by atoms with E-state index in [4.69, 9.17) is 21.1 Å². The molecule has 0 saturated heterocycles. The number of benzene rings is 2. The molecule has 2 N–H and O–H groups in total. The molecule has 0 bridgehead atoms. The molecular formula is C20H15ClN2O4. The van der Waals surface area contributed by atoms with Crippen molar-refractivity contribution in [3.63, 3.8) is 0 Å². The number of methoxy groups -OCH3 is 1. The standard InChI is InChI=1S/C20H15ClN2O4/c1-26-10-13-18-12-8-11(27-17-5-3-2-4-14(17)21)6-7-15(12)23-16(18)9-22-19(13)20(24)25/h2-9,23H,10H2,1H3,(H,24,25). The lowest BCUT2D eigenvalue weighted by molar-refractivity contribution is 0.0685. The fraction of sp³-hybridized carbons (Fsp3) is 0.100. The van der Waals surface area contributed by atoms with E-state index in [9.17, 15) is 9.90 Å². The average Bonchev–Trinajstić information content (AvgIpc) is 3.02. The highest BCUT2D eigenvalue weighted by atomic mass is 35.5. The number of carboxylic acids is 1. The lowest BCUT2D eigenvalue weighted by Crippen LogP contribution is -2.07. The average molecular weight is 383 g/mol. The van der Waals surface area contributed by atoms with Crippen LogP contribution in [0.2, 0.25) is 5.02 Å². The van der Waals surface area contributed by atoms with Gasteiger partial charge in [0.05, 0.1) is 23.3 Å². The zero-order chi connectivity index (χ0) is 19.0. The number of H-pyrrole nitrogens is 1. The highest BCUT2D eigenvalue weighted by Crippen LogP contribution is 2.35. The van der Waals surface area contributed by atoms with Crippen molar-refractivity contribution >= 4 is 39.4 Å². The summed E-state index contributed by atoms with van der Waals surface area (Å²) in [6.07, 6.45) is 1.52. The second-order valence-corrected chi connectivity index (χ2v) is 6.38. The molecule has 6 nitrogen and oxygen atoms in total. The molecular weight excluding hydrogens is 368 g/mol. The number of aromatic nitrogens is 2. The van der Waals surface area contributed by atoms with Gasteiger partial charge in [-0.3, -0.25) is 0 Å². The van der Waals surface area contributed by atoms with Gasteiger partial charge in [-0.1, -0.05) is 23.7 Å². The molecule has 0 aliphatic rings. The quantitative estimate of drug-likeness (QED) is 0.507. The summed E-state index contributed by atoms with van der Waals surface area (Å²) in [6.45, 7) is 0.133. The molecule has 0 spiro atoms. The molecule has 0 aliphatic carbocycles. The Morgan fingerprint density at radius 2 is 2.04 bits per heavy atom. The predicted octanol–water partition coefficient (Wildman–Crippen LogP) is 5.01. The highest BCUT2D eigenvalue weighted by molar-refractivity contribution is 6.32. The van der Waals surface area contributed by atoms with E-state index in [2.05, 4.69) is 9.97 Å². The maximum atomic E-state index is 11.6. The van der Waals surface area contributed by atoms with Crippen LogP contribution in [0.1, 0.15) is 16.1 Å². The number of ether oxygens (including phenoxy) is 2. The van der Waals surface area contributed by atoms with Gasteiger partial charge in [0.2, 0.25) is 0 Å². The molecule has 136 valence electrons. The summed E-state index contributed by atoms with van der Waals surface area (Å²) in [6, 6.07) is 12.7. The number of para-hydroxylation sites is 1. The second kappa shape index (κ2) is 6.90. The van der Waals surface area contributed by atoms with Gasteiger partial charge in [0.1, 0.15) is 11.5 Å². The number of rotatable bonds is 5. The van der Waals surface area contributed by atoms with E-state index in [0.29, 0.717) is 22.1 Å². The van der Waals surface area contributed by atoms with Crippen molar-refractivity contribution in [2.24, 2.45) is 0 Å². The van der Waals surface area contributed by atoms with Gasteiger partial charge in [0.25, 0.3) is 0 Å². The molecule has 0 aliphatic heterocycles. The van der Waals surface area contributed by atoms with Gasteiger partial charge >= 0.3 is 5.97 Å². The lowest BCUT2D eigenvalue weighted by Gasteiger charge is -2.09. The fourth-order valence-corrected chi connectivity index (χ4v) is 3.30. The van der Waals surface area contributed by atoms with Crippen molar-refractivity contribution in [3.8, 4) is 11.5 Å². The molecule has 2 aromatic heterocycles. The third-order valence-corrected chi connectivity index (χ3v) is 4.58. The van der Waals surface area contributed by atoms with Crippen LogP contribution in [0.5, 0.6) is 11.5 Å². The van der Waals surface area contributed by atoms with E-state index in [1.807, 2.05) is 30.3 Å². The number of nitrogens with zero attached hydrogens (tertiary/aromatic N) is 1. The molecule has 7 heteroatoms. The first-order valence-electron chi connectivity index (χ1n) is 8.16. The zero-order valence-electron chi connectivity index (χ0n) is 14.3. The molecule has 0 fully saturated rings. The Hall–Kier alpha value is -3.09. The monoisotopic (exact) mass is 382 g/mol. The molecule has 0 radical (unpaired) electrons. The predicted molar refractivity (Wildman–Crippen MR) is 103 cm³/mol. The topological polar surface area (TPSA) is 84.4 Å². The van der Waals surface area contributed by atoms with Crippen molar-refractivity contribution in [1.82, 2.24) is 9.97 Å². The number of halogens is 1. The van der Waals surface area contributed by atoms with Gasteiger partial charge in [-0.15, -0.1) is 0 Å². The summed E-state index contributed by atoms with van der Waals surface area (Å²) >= 11 is 6.17. The van der Waals surface area contributed by atoms with Crippen molar-refractivity contribution in [3.05, 3.63) is 64.9 Å². The van der Waals surface area contributed by atoms with Gasteiger partial charge in [0.15, 0.2) is 5.69 Å². The minimum absolute atomic E-state index is 0.0253. The summed E-state index contributed by atoms with van der Waals surface area (Å²) in [5, 5.41) is 11.6. The van der Waals surface area contributed by atoms with Crippen LogP contribution in [0.3, 0.4) is 0 Å². The van der Waals surface area contributed by atoms with Gasteiger partial charge in [-0.25, -0.2) is 9.78 Å². The van der Waals surface area contributed by atoms with Crippen LogP contribution in [0.15, 0.2) is 48.7 Å². The number of carboxylic acid groups (broad SMARTS) is 1. The molecule has 2 aromatic carbocycles. The van der Waals surface area contributed by atoms with Crippen molar-refractivity contribution in [1.29, 1.82) is 0 Å². The van der Waals surface area contributed by atoms with Gasteiger partial charge in [-0.05, 0) is 30.3 Å². The first kappa shape index (κ1) is 17.3. The Morgan fingerprint density at radius 1 is 1.22 bits per heavy atom. The SMILES string of the molecule is COCc1c(C(=O)O)ncc2[nH]c3ccc(Oc4ccccc4Cl)cc3c12. The number of fused-ring (bicyclic) bond motifs is 3. The number of aromatic amines is 1. The summed E-state index contributed by atoms with van der Waals surface area (Å²) < 4.78 is 11.1. The summed E-state index contributed by atoms with van der Waals surface area (Å²) in [7, 11) is 1.52. The van der Waals surface area contributed by atoms with Crippen LogP contribution in [-0.4, -0.2) is 28.2 Å². The number of nitrogens with one attached hydrogen (secondary N) is 1. The summed E-state index contributed by atoms with van der Waals surface area (Å²) in [5.74, 6) is 0.0405. The molecule has 2 heterocycles. The number of pyridine rings is 1. The normalized spacial score (nSPS) is 11.2. The van der Waals surface area contributed by atoms with E-state index in [0.717, 1.165) is 21.8 Å². The van der Waals surface area contributed by atoms with E-state index < -0.39 is 5.97 Å². The van der Waals surface area contributed by atoms with Gasteiger partial charge in [-0.2, -0.15) is 0 Å². The Balaban J connectivity index is 1.91. The van der Waals surface area contributed by atoms with Crippen LogP contribution in [0.4, 0.5) is 0 Å². The highest BCUT2D eigenvalue weighted by Gasteiger charge is 2.19. The minimum atomic E-state index is -1.10. The number of hydrogen-bond acceptors (Lipinski definition) is 4.